The van der Waals surface area contributed by atoms with Crippen LogP contribution in [0.15, 0.2) is 54.6 Å². The molecule has 0 aliphatic rings. The number of hydrogen-bond donors (Lipinski definition) is 2. The number of hydrogen-bond acceptors (Lipinski definition) is 3. The quantitative estimate of drug-likeness (QED) is 0.712. The van der Waals surface area contributed by atoms with Crippen molar-refractivity contribution in [2.75, 3.05) is 10.6 Å². The van der Waals surface area contributed by atoms with Crippen LogP contribution < -0.4 is 10.6 Å². The largest absolute Gasteiger partial charge is 0.356 e. The first-order valence-corrected chi connectivity index (χ1v) is 8.69. The summed E-state index contributed by atoms with van der Waals surface area (Å²) in [5.74, 6) is -0.293. The second-order valence-electron chi connectivity index (χ2n) is 6.49. The Balaban J connectivity index is 1.67. The van der Waals surface area contributed by atoms with Crippen LogP contribution in [0, 0.1) is 13.8 Å². The first-order chi connectivity index (χ1) is 12.5. The summed E-state index contributed by atoms with van der Waals surface area (Å²) in [6.07, 6.45) is 0. The molecule has 0 saturated carbocycles. The molecule has 0 fully saturated rings. The molecule has 0 unspecified atom stereocenters. The van der Waals surface area contributed by atoms with E-state index in [1.807, 2.05) is 87.1 Å². The summed E-state index contributed by atoms with van der Waals surface area (Å²) in [7, 11) is 1.90. The predicted octanol–water partition coefficient (Wildman–Crippen LogP) is 4.52. The molecule has 0 saturated heterocycles. The molecule has 5 nitrogen and oxygen atoms in total. The van der Waals surface area contributed by atoms with E-state index in [2.05, 4.69) is 15.7 Å². The molecular weight excluding hydrogens is 324 g/mol. The second-order valence-corrected chi connectivity index (χ2v) is 6.49. The molecule has 1 heterocycles. The van der Waals surface area contributed by atoms with Gasteiger partial charge in [0, 0.05) is 35.4 Å². The summed E-state index contributed by atoms with van der Waals surface area (Å²) < 4.78 is 1.82. The zero-order valence-electron chi connectivity index (χ0n) is 15.6. The van der Waals surface area contributed by atoms with Crippen molar-refractivity contribution in [3.8, 4) is 0 Å². The van der Waals surface area contributed by atoms with Crippen molar-refractivity contribution in [1.82, 2.24) is 9.78 Å². The van der Waals surface area contributed by atoms with Gasteiger partial charge in [-0.1, -0.05) is 18.2 Å². The van der Waals surface area contributed by atoms with Gasteiger partial charge < -0.3 is 10.6 Å². The molecule has 2 aromatic carbocycles. The van der Waals surface area contributed by atoms with Crippen molar-refractivity contribution in [2.24, 2.45) is 7.05 Å². The van der Waals surface area contributed by atoms with Gasteiger partial charge in [0.25, 0.3) is 0 Å². The average Bonchev–Trinajstić information content (AvgIpc) is 2.89. The fourth-order valence-corrected chi connectivity index (χ4v) is 3.12. The van der Waals surface area contributed by atoms with Crippen LogP contribution in [0.2, 0.25) is 0 Å². The molecular formula is C21H24N4O. The summed E-state index contributed by atoms with van der Waals surface area (Å²) in [4.78, 5) is 12.6. The molecule has 26 heavy (non-hydrogen) atoms. The highest BCUT2D eigenvalue weighted by Crippen LogP contribution is 2.25. The maximum absolute atomic E-state index is 12.6. The highest BCUT2D eigenvalue weighted by molar-refractivity contribution is 5.96. The zero-order chi connectivity index (χ0) is 18.7. The van der Waals surface area contributed by atoms with E-state index < -0.39 is 0 Å². The number of carbonyl (C=O) groups is 1. The van der Waals surface area contributed by atoms with E-state index in [1.165, 1.54) is 0 Å². The van der Waals surface area contributed by atoms with Gasteiger partial charge in [-0.15, -0.1) is 0 Å². The average molecular weight is 348 g/mol. The molecule has 1 amide bonds. The molecule has 0 aliphatic carbocycles. The molecule has 0 aliphatic heterocycles. The summed E-state index contributed by atoms with van der Waals surface area (Å²) in [6, 6.07) is 17.7. The van der Waals surface area contributed by atoms with Crippen molar-refractivity contribution < 1.29 is 4.79 Å². The van der Waals surface area contributed by atoms with Crippen molar-refractivity contribution in [1.29, 1.82) is 0 Å². The van der Waals surface area contributed by atoms with Crippen molar-refractivity contribution in [2.45, 2.75) is 26.7 Å². The fraction of sp³-hybridized carbons (Fsp3) is 0.238. The molecule has 0 spiro atoms. The number of para-hydroxylation sites is 1. The van der Waals surface area contributed by atoms with Crippen LogP contribution in [-0.2, 0) is 11.8 Å². The van der Waals surface area contributed by atoms with Crippen molar-refractivity contribution >= 4 is 23.0 Å². The lowest BCUT2D eigenvalue weighted by atomic mass is 9.98. The van der Waals surface area contributed by atoms with E-state index in [1.54, 1.807) is 0 Å². The minimum atomic E-state index is -0.258. The Kier molecular flexibility index (Phi) is 5.07. The van der Waals surface area contributed by atoms with Gasteiger partial charge in [-0.3, -0.25) is 9.48 Å². The summed E-state index contributed by atoms with van der Waals surface area (Å²) >= 11 is 0. The standard InChI is InChI=1S/C21H24N4O/c1-14(20-15(2)24-25(4)16(20)3)21(26)23-19-12-10-18(11-13-19)22-17-8-6-5-7-9-17/h5-14,22H,1-4H3,(H,23,26)/t14-/m0/s1. The van der Waals surface area contributed by atoms with Gasteiger partial charge in [0.2, 0.25) is 5.91 Å². The monoisotopic (exact) mass is 348 g/mol. The normalized spacial score (nSPS) is 11.8. The Morgan fingerprint density at radius 3 is 2.12 bits per heavy atom. The number of aryl methyl sites for hydroxylation is 2. The topological polar surface area (TPSA) is 59.0 Å². The van der Waals surface area contributed by atoms with Gasteiger partial charge in [0.05, 0.1) is 11.6 Å². The second kappa shape index (κ2) is 7.44. The number of anilines is 3. The van der Waals surface area contributed by atoms with Gasteiger partial charge in [0.15, 0.2) is 0 Å². The van der Waals surface area contributed by atoms with Crippen molar-refractivity contribution in [3.05, 3.63) is 71.5 Å². The van der Waals surface area contributed by atoms with E-state index >= 15 is 0 Å². The lowest BCUT2D eigenvalue weighted by Crippen LogP contribution is -2.19. The number of amides is 1. The molecule has 0 bridgehead atoms. The maximum Gasteiger partial charge on any atom is 0.231 e. The number of nitrogens with zero attached hydrogens (tertiary/aromatic N) is 2. The van der Waals surface area contributed by atoms with Gasteiger partial charge in [-0.05, 0) is 57.2 Å². The van der Waals surface area contributed by atoms with Crippen LogP contribution in [0.5, 0.6) is 0 Å². The van der Waals surface area contributed by atoms with Crippen molar-refractivity contribution in [3.63, 3.8) is 0 Å². The molecule has 1 atom stereocenters. The Hall–Kier alpha value is -3.08. The molecule has 0 radical (unpaired) electrons. The maximum atomic E-state index is 12.6. The zero-order valence-corrected chi connectivity index (χ0v) is 15.6. The third-order valence-electron chi connectivity index (χ3n) is 4.61. The Morgan fingerprint density at radius 1 is 0.962 bits per heavy atom. The molecule has 134 valence electrons. The highest BCUT2D eigenvalue weighted by atomic mass is 16.1. The highest BCUT2D eigenvalue weighted by Gasteiger charge is 2.22. The van der Waals surface area contributed by atoms with E-state index in [-0.39, 0.29) is 11.8 Å². The lowest BCUT2D eigenvalue weighted by molar-refractivity contribution is -0.117. The fourth-order valence-electron chi connectivity index (χ4n) is 3.12. The molecule has 3 rings (SSSR count). The van der Waals surface area contributed by atoms with E-state index in [4.69, 9.17) is 0 Å². The van der Waals surface area contributed by atoms with Crippen LogP contribution in [0.25, 0.3) is 0 Å². The Morgan fingerprint density at radius 2 is 1.54 bits per heavy atom. The van der Waals surface area contributed by atoms with E-state index in [0.29, 0.717) is 0 Å². The minimum absolute atomic E-state index is 0.0343. The van der Waals surface area contributed by atoms with Gasteiger partial charge in [-0.2, -0.15) is 5.10 Å². The smallest absolute Gasteiger partial charge is 0.231 e. The molecule has 3 aromatic rings. The Bertz CT molecular complexity index is 898. The van der Waals surface area contributed by atoms with Crippen LogP contribution in [0.1, 0.15) is 29.8 Å². The molecule has 5 heteroatoms. The number of nitrogens with one attached hydrogen (secondary N) is 2. The van der Waals surface area contributed by atoms with Gasteiger partial charge in [-0.25, -0.2) is 0 Å². The van der Waals surface area contributed by atoms with Crippen LogP contribution >= 0.6 is 0 Å². The van der Waals surface area contributed by atoms with E-state index in [9.17, 15) is 4.79 Å². The van der Waals surface area contributed by atoms with Crippen LogP contribution in [0.3, 0.4) is 0 Å². The van der Waals surface area contributed by atoms with Gasteiger partial charge in [0.1, 0.15) is 0 Å². The lowest BCUT2D eigenvalue weighted by Gasteiger charge is -2.14. The third kappa shape index (κ3) is 3.77. The summed E-state index contributed by atoms with van der Waals surface area (Å²) in [6.45, 7) is 5.84. The molecule has 2 N–H and O–H groups in total. The summed E-state index contributed by atoms with van der Waals surface area (Å²) in [5, 5.41) is 10.7. The first kappa shape index (κ1) is 17.7. The number of aromatic nitrogens is 2. The SMILES string of the molecule is Cc1nn(C)c(C)c1[C@H](C)C(=O)Nc1ccc(Nc2ccccc2)cc1. The van der Waals surface area contributed by atoms with E-state index in [0.717, 1.165) is 34.0 Å². The first-order valence-electron chi connectivity index (χ1n) is 8.69. The molecule has 1 aromatic heterocycles. The third-order valence-corrected chi connectivity index (χ3v) is 4.61. The van der Waals surface area contributed by atoms with Crippen LogP contribution in [0.4, 0.5) is 17.1 Å². The number of carbonyl (C=O) groups excluding carboxylic acids is 1. The minimum Gasteiger partial charge on any atom is -0.356 e. The number of benzene rings is 2. The number of rotatable bonds is 5. The Labute approximate surface area is 154 Å². The van der Waals surface area contributed by atoms with Crippen LogP contribution in [-0.4, -0.2) is 15.7 Å². The predicted molar refractivity (Wildman–Crippen MR) is 106 cm³/mol. The van der Waals surface area contributed by atoms with Gasteiger partial charge >= 0.3 is 0 Å². The summed E-state index contributed by atoms with van der Waals surface area (Å²) in [5.41, 5.74) is 5.69.